The number of aromatic hydroxyl groups is 1. The third kappa shape index (κ3) is 14.8. The molecule has 12 heteroatoms. The van der Waals surface area contributed by atoms with Crippen LogP contribution in [0.5, 0.6) is 5.75 Å². The van der Waals surface area contributed by atoms with E-state index in [0.717, 1.165) is 35.1 Å². The summed E-state index contributed by atoms with van der Waals surface area (Å²) in [4.78, 5) is 12.1. The first-order valence-corrected chi connectivity index (χ1v) is 21.8. The lowest BCUT2D eigenvalue weighted by Crippen LogP contribution is -2.55. The van der Waals surface area contributed by atoms with Crippen molar-refractivity contribution in [3.05, 3.63) is 88.5 Å². The van der Waals surface area contributed by atoms with Crippen LogP contribution in [0, 0.1) is 23.7 Å². The van der Waals surface area contributed by atoms with Gasteiger partial charge >= 0.3 is 5.97 Å². The highest BCUT2D eigenvalue weighted by Crippen LogP contribution is 2.34. The van der Waals surface area contributed by atoms with E-state index in [2.05, 4.69) is 22.5 Å². The molecule has 2 aromatic carbocycles. The van der Waals surface area contributed by atoms with Crippen molar-refractivity contribution in [3.8, 4) is 17.6 Å². The highest BCUT2D eigenvalue weighted by Gasteiger charge is 2.40. The monoisotopic (exact) mass is 835 g/mol. The molecule has 0 bridgehead atoms. The molecule has 0 radical (unpaired) electrons. The Bertz CT molecular complexity index is 1750. The normalized spacial score (nSPS) is 26.0. The SMILES string of the molecule is CCCCC(O)C(O)C=CC1=C(CC(O)CO)C(CCC(O)C2NC(C)CCC(CO)C2CC(=O)O)NC(C(C)(O)Cc2ccc(O)cc2)CC#Cc2ccccc2CC1. The number of allylic oxidation sites excluding steroid dienone is 2. The molecular formula is C48H70N2O10. The molecule has 332 valence electrons. The summed E-state index contributed by atoms with van der Waals surface area (Å²) < 4.78 is 0. The summed E-state index contributed by atoms with van der Waals surface area (Å²) in [5, 5.41) is 105. The highest BCUT2D eigenvalue weighted by atomic mass is 16.4. The molecule has 2 aliphatic heterocycles. The maximum absolute atomic E-state index is 12.4. The third-order valence-electron chi connectivity index (χ3n) is 12.4. The minimum atomic E-state index is -1.43. The first-order chi connectivity index (χ1) is 28.6. The van der Waals surface area contributed by atoms with Crippen molar-refractivity contribution in [1.82, 2.24) is 10.6 Å². The molecule has 1 saturated heterocycles. The van der Waals surface area contributed by atoms with Gasteiger partial charge in [-0.05, 0) is 118 Å². The van der Waals surface area contributed by atoms with Crippen LogP contribution in [0.1, 0.15) is 108 Å². The summed E-state index contributed by atoms with van der Waals surface area (Å²) >= 11 is 0. The van der Waals surface area contributed by atoms with Crippen molar-refractivity contribution in [2.24, 2.45) is 11.8 Å². The number of rotatable bonds is 19. The van der Waals surface area contributed by atoms with Gasteiger partial charge in [-0.2, -0.15) is 0 Å². The minimum Gasteiger partial charge on any atom is -0.508 e. The highest BCUT2D eigenvalue weighted by molar-refractivity contribution is 5.67. The number of aryl methyl sites for hydroxylation is 1. The van der Waals surface area contributed by atoms with Crippen LogP contribution >= 0.6 is 0 Å². The first-order valence-electron chi connectivity index (χ1n) is 21.8. The lowest BCUT2D eigenvalue weighted by Gasteiger charge is -2.39. The predicted octanol–water partition coefficient (Wildman–Crippen LogP) is 3.89. The Balaban J connectivity index is 1.88. The molecule has 2 heterocycles. The fourth-order valence-corrected chi connectivity index (χ4v) is 8.82. The zero-order chi connectivity index (χ0) is 43.8. The predicted molar refractivity (Wildman–Crippen MR) is 232 cm³/mol. The number of carboxylic acids is 1. The van der Waals surface area contributed by atoms with Crippen LogP contribution < -0.4 is 10.6 Å². The van der Waals surface area contributed by atoms with Crippen LogP contribution in [0.25, 0.3) is 0 Å². The van der Waals surface area contributed by atoms with E-state index in [1.54, 1.807) is 43.3 Å². The van der Waals surface area contributed by atoms with Crippen LogP contribution in [0.3, 0.4) is 0 Å². The van der Waals surface area contributed by atoms with E-state index in [1.165, 1.54) is 0 Å². The van der Waals surface area contributed by atoms with E-state index < -0.39 is 66.6 Å². The zero-order valence-corrected chi connectivity index (χ0v) is 35.6. The van der Waals surface area contributed by atoms with E-state index in [1.807, 2.05) is 38.1 Å². The van der Waals surface area contributed by atoms with Crippen LogP contribution in [0.15, 0.2) is 71.8 Å². The topological polar surface area (TPSA) is 223 Å². The second-order valence-corrected chi connectivity index (χ2v) is 17.3. The van der Waals surface area contributed by atoms with Crippen LogP contribution in [-0.2, 0) is 17.6 Å². The van der Waals surface area contributed by atoms with Gasteiger partial charge in [-0.25, -0.2) is 0 Å². The Kier molecular flexibility index (Phi) is 19.7. The number of benzene rings is 2. The number of carboxylic acid groups (broad SMARTS) is 1. The Morgan fingerprint density at radius 1 is 1.00 bits per heavy atom. The Morgan fingerprint density at radius 2 is 1.73 bits per heavy atom. The first kappa shape index (κ1) is 49.0. The second kappa shape index (κ2) is 24.1. The Morgan fingerprint density at radius 3 is 2.42 bits per heavy atom. The minimum absolute atomic E-state index is 0.00546. The molecule has 0 saturated carbocycles. The zero-order valence-electron chi connectivity index (χ0n) is 35.6. The molecule has 4 rings (SSSR count). The molecule has 11 unspecified atom stereocenters. The fraction of sp³-hybridized carbons (Fsp3) is 0.604. The lowest BCUT2D eigenvalue weighted by atomic mass is 9.78. The van der Waals surface area contributed by atoms with Gasteiger partial charge in [-0.1, -0.05) is 74.1 Å². The quantitative estimate of drug-likeness (QED) is 0.0908. The summed E-state index contributed by atoms with van der Waals surface area (Å²) in [6, 6.07) is 12.4. The van der Waals surface area contributed by atoms with Crippen molar-refractivity contribution in [2.45, 2.75) is 158 Å². The maximum atomic E-state index is 12.4. The van der Waals surface area contributed by atoms with Gasteiger partial charge in [0.25, 0.3) is 0 Å². The summed E-state index contributed by atoms with van der Waals surface area (Å²) in [5.41, 5.74) is 2.57. The third-order valence-corrected chi connectivity index (χ3v) is 12.4. The molecule has 0 spiro atoms. The van der Waals surface area contributed by atoms with Gasteiger partial charge in [0, 0.05) is 49.2 Å². The summed E-state index contributed by atoms with van der Waals surface area (Å²) in [5.74, 6) is 4.84. The van der Waals surface area contributed by atoms with Crippen molar-refractivity contribution in [3.63, 3.8) is 0 Å². The summed E-state index contributed by atoms with van der Waals surface area (Å²) in [6.45, 7) is 4.97. The van der Waals surface area contributed by atoms with E-state index in [4.69, 9.17) is 0 Å². The number of nitrogens with one attached hydrogen (secondary N) is 2. The number of unbranched alkanes of at least 4 members (excludes halogenated alkanes) is 1. The van der Waals surface area contributed by atoms with E-state index in [9.17, 15) is 50.8 Å². The molecule has 60 heavy (non-hydrogen) atoms. The summed E-state index contributed by atoms with van der Waals surface area (Å²) in [7, 11) is 0. The smallest absolute Gasteiger partial charge is 0.303 e. The number of hydrogen-bond donors (Lipinski definition) is 11. The molecule has 0 aromatic heterocycles. The fourth-order valence-electron chi connectivity index (χ4n) is 8.82. The Hall–Kier alpha value is -3.61. The number of aliphatic carboxylic acids is 1. The standard InChI is InChI=1S/C48H70N2O10/c1-4-5-12-42(55)43(56)24-20-35-19-18-34-10-7-6-9-33(34)11-8-13-45(48(3,60)28-32-15-21-37(53)22-16-32)50-41(39(35)26-38(54)30-52)23-25-44(57)47-40(27-46(58)59)36(29-51)17-14-31(2)49-47/h6-7,9-10,15-16,20-22,24,31,36,38,40-45,47,49-57,60H,4-5,12-14,17-19,23,25-30H2,1-3H3,(H,58,59). The lowest BCUT2D eigenvalue weighted by molar-refractivity contribution is -0.139. The molecule has 0 amide bonds. The van der Waals surface area contributed by atoms with Gasteiger partial charge in [0.15, 0.2) is 0 Å². The number of hydrogen-bond acceptors (Lipinski definition) is 11. The van der Waals surface area contributed by atoms with Gasteiger partial charge in [0.2, 0.25) is 0 Å². The molecule has 12 nitrogen and oxygen atoms in total. The van der Waals surface area contributed by atoms with Crippen molar-refractivity contribution < 1.29 is 50.8 Å². The number of carbonyl (C=O) groups is 1. The molecule has 11 atom stereocenters. The van der Waals surface area contributed by atoms with Gasteiger partial charge in [-0.3, -0.25) is 4.79 Å². The molecule has 11 N–H and O–H groups in total. The van der Waals surface area contributed by atoms with E-state index >= 15 is 0 Å². The molecular weight excluding hydrogens is 765 g/mol. The van der Waals surface area contributed by atoms with Crippen molar-refractivity contribution >= 4 is 5.97 Å². The van der Waals surface area contributed by atoms with Gasteiger partial charge in [-0.15, -0.1) is 0 Å². The maximum Gasteiger partial charge on any atom is 0.303 e. The molecule has 0 aliphatic carbocycles. The van der Waals surface area contributed by atoms with Gasteiger partial charge < -0.3 is 56.6 Å². The number of phenolic OH excluding ortho intramolecular Hbond substituents is 1. The Labute approximate surface area is 356 Å². The van der Waals surface area contributed by atoms with Gasteiger partial charge in [0.1, 0.15) is 5.75 Å². The number of phenols is 1. The average molecular weight is 835 g/mol. The number of aliphatic hydroxyl groups is 7. The van der Waals surface area contributed by atoms with Crippen LogP contribution in [0.2, 0.25) is 0 Å². The van der Waals surface area contributed by atoms with Crippen molar-refractivity contribution in [2.75, 3.05) is 13.2 Å². The van der Waals surface area contributed by atoms with E-state index in [0.29, 0.717) is 37.7 Å². The molecule has 2 aromatic rings. The largest absolute Gasteiger partial charge is 0.508 e. The van der Waals surface area contributed by atoms with E-state index in [-0.39, 0.29) is 62.8 Å². The molecule has 1 fully saturated rings. The van der Waals surface area contributed by atoms with Crippen molar-refractivity contribution in [1.29, 1.82) is 0 Å². The van der Waals surface area contributed by atoms with Crippen LogP contribution in [0.4, 0.5) is 0 Å². The number of aliphatic hydroxyl groups excluding tert-OH is 6. The van der Waals surface area contributed by atoms with Gasteiger partial charge in [0.05, 0.1) is 43.0 Å². The molecule has 2 aliphatic rings. The second-order valence-electron chi connectivity index (χ2n) is 17.3. The summed E-state index contributed by atoms with van der Waals surface area (Å²) in [6.07, 6.45) is 3.80. The van der Waals surface area contributed by atoms with Crippen LogP contribution in [-0.4, -0.2) is 119 Å². The average Bonchev–Trinajstić information content (AvgIpc) is 3.37. The number of fused-ring (bicyclic) bond motifs is 1.